The van der Waals surface area contributed by atoms with E-state index in [1.54, 1.807) is 0 Å². The number of halogens is 3. The zero-order chi connectivity index (χ0) is 26.0. The molecule has 0 amide bonds. The van der Waals surface area contributed by atoms with Gasteiger partial charge in [0, 0.05) is 25.1 Å². The predicted octanol–water partition coefficient (Wildman–Crippen LogP) is 3.85. The summed E-state index contributed by atoms with van der Waals surface area (Å²) in [4.78, 5) is 6.83. The Hall–Kier alpha value is -2.93. The zero-order valence-corrected chi connectivity index (χ0v) is 20.0. The SMILES string of the molecule is C#CC1(S(=O)(=O)c2cccc(C(F)(F)F)c2)CCOC([N+]#C)(C(=C)C=NC=C(C)S(C)(=O)=O)C1. The molecule has 0 bridgehead atoms. The molecule has 0 aromatic heterocycles. The van der Waals surface area contributed by atoms with E-state index in [4.69, 9.17) is 17.7 Å². The van der Waals surface area contributed by atoms with Crippen molar-refractivity contribution in [1.82, 2.24) is 0 Å². The number of alkyl halides is 3. The minimum atomic E-state index is -4.76. The number of rotatable bonds is 6. The van der Waals surface area contributed by atoms with E-state index in [0.29, 0.717) is 6.07 Å². The number of aliphatic imine (C=N–C) groups is 1. The smallest absolute Gasteiger partial charge is 0.301 e. The van der Waals surface area contributed by atoms with E-state index in [-0.39, 0.29) is 23.5 Å². The van der Waals surface area contributed by atoms with Gasteiger partial charge in [-0.3, -0.25) is 4.99 Å². The molecule has 1 aromatic rings. The summed E-state index contributed by atoms with van der Waals surface area (Å²) < 4.78 is 93.0. The molecule has 34 heavy (non-hydrogen) atoms. The van der Waals surface area contributed by atoms with Crippen molar-refractivity contribution in [3.63, 3.8) is 0 Å². The summed E-state index contributed by atoms with van der Waals surface area (Å²) in [5.74, 6) is 2.21. The molecule has 182 valence electrons. The van der Waals surface area contributed by atoms with Crippen LogP contribution in [0.3, 0.4) is 0 Å². The molecule has 1 aliphatic heterocycles. The first kappa shape index (κ1) is 27.3. The van der Waals surface area contributed by atoms with Crippen molar-refractivity contribution in [2.24, 2.45) is 4.99 Å². The molecule has 1 aromatic carbocycles. The van der Waals surface area contributed by atoms with Crippen molar-refractivity contribution in [2.45, 2.75) is 41.3 Å². The van der Waals surface area contributed by atoms with Gasteiger partial charge in [0.05, 0.1) is 34.0 Å². The Morgan fingerprint density at radius 3 is 2.50 bits per heavy atom. The van der Waals surface area contributed by atoms with Crippen molar-refractivity contribution in [1.29, 1.82) is 0 Å². The standard InChI is InChI=1S/C22H22F3N2O5S2/c1-6-20(34(30,31)19-9-7-8-18(12-19)22(23,24)25)10-11-32-21(15-20,26-4)16(2)13-27-14-17(3)33(5,28)29/h1,4,7-9,12-14H,2,10-11,15H2,3,5H3/q+1. The Labute approximate surface area is 196 Å². The third kappa shape index (κ3) is 5.25. The Balaban J connectivity index is 2.52. The van der Waals surface area contributed by atoms with Gasteiger partial charge in [-0.25, -0.2) is 16.8 Å². The molecule has 12 heteroatoms. The lowest BCUT2D eigenvalue weighted by atomic mass is 9.87. The van der Waals surface area contributed by atoms with E-state index in [1.807, 2.05) is 0 Å². The summed E-state index contributed by atoms with van der Waals surface area (Å²) in [6, 6.07) is 3.26. The lowest BCUT2D eigenvalue weighted by molar-refractivity contribution is -0.137. The minimum Gasteiger partial charge on any atom is -0.301 e. The number of benzene rings is 1. The fourth-order valence-corrected chi connectivity index (χ4v) is 5.34. The van der Waals surface area contributed by atoms with Crippen molar-refractivity contribution < 1.29 is 34.7 Å². The second kappa shape index (κ2) is 9.37. The van der Waals surface area contributed by atoms with Crippen molar-refractivity contribution in [3.8, 4) is 18.9 Å². The normalized spacial score (nSPS) is 24.4. The lowest BCUT2D eigenvalue weighted by Gasteiger charge is -2.36. The summed E-state index contributed by atoms with van der Waals surface area (Å²) in [6.45, 7) is 10.3. The zero-order valence-electron chi connectivity index (χ0n) is 18.3. The molecule has 2 atom stereocenters. The number of sulfone groups is 2. The van der Waals surface area contributed by atoms with Crippen molar-refractivity contribution in [2.75, 3.05) is 12.9 Å². The molecule has 2 unspecified atom stereocenters. The molecular weight excluding hydrogens is 493 g/mol. The van der Waals surface area contributed by atoms with E-state index in [0.717, 1.165) is 36.9 Å². The number of hydrogen-bond acceptors (Lipinski definition) is 6. The molecule has 1 aliphatic rings. The molecule has 0 N–H and O–H groups in total. The number of ether oxygens (including phenoxy) is 1. The fourth-order valence-electron chi connectivity index (χ4n) is 3.21. The third-order valence-corrected chi connectivity index (χ3v) is 9.05. The Kier molecular flexibility index (Phi) is 7.53. The van der Waals surface area contributed by atoms with Crippen LogP contribution in [0.1, 0.15) is 25.3 Å². The predicted molar refractivity (Wildman–Crippen MR) is 123 cm³/mol. The highest BCUT2D eigenvalue weighted by molar-refractivity contribution is 7.94. The first-order chi connectivity index (χ1) is 15.5. The van der Waals surface area contributed by atoms with Crippen LogP contribution in [0.25, 0.3) is 4.85 Å². The highest BCUT2D eigenvalue weighted by Gasteiger charge is 2.60. The molecule has 1 saturated heterocycles. The topological polar surface area (TPSA) is 94.2 Å². The monoisotopic (exact) mass is 515 g/mol. The number of hydrogen-bond donors (Lipinski definition) is 0. The van der Waals surface area contributed by atoms with E-state index in [2.05, 4.69) is 22.3 Å². The van der Waals surface area contributed by atoms with Gasteiger partial charge in [0.15, 0.2) is 19.7 Å². The maximum Gasteiger partial charge on any atom is 0.416 e. The van der Waals surface area contributed by atoms with Crippen LogP contribution in [-0.4, -0.2) is 46.4 Å². The molecule has 0 spiro atoms. The van der Waals surface area contributed by atoms with Crippen LogP contribution < -0.4 is 0 Å². The summed E-state index contributed by atoms with van der Waals surface area (Å²) in [5.41, 5.74) is -3.05. The molecule has 7 nitrogen and oxygen atoms in total. The highest BCUT2D eigenvalue weighted by atomic mass is 32.2. The highest BCUT2D eigenvalue weighted by Crippen LogP contribution is 2.44. The number of nitrogens with zero attached hydrogens (tertiary/aromatic N) is 2. The van der Waals surface area contributed by atoms with Crippen LogP contribution in [0.5, 0.6) is 0 Å². The Morgan fingerprint density at radius 2 is 1.97 bits per heavy atom. The summed E-state index contributed by atoms with van der Waals surface area (Å²) >= 11 is 0. The molecular formula is C22H22F3N2O5S2+. The molecule has 1 heterocycles. The van der Waals surface area contributed by atoms with Crippen LogP contribution in [-0.2, 0) is 30.6 Å². The molecule has 2 rings (SSSR count). The van der Waals surface area contributed by atoms with E-state index < -0.39 is 53.2 Å². The van der Waals surface area contributed by atoms with Crippen LogP contribution in [0.2, 0.25) is 0 Å². The maximum atomic E-state index is 13.5. The molecule has 0 saturated carbocycles. The summed E-state index contributed by atoms with van der Waals surface area (Å²) in [7, 11) is -8.01. The van der Waals surface area contributed by atoms with Gasteiger partial charge < -0.3 is 4.74 Å². The second-order valence-corrected chi connectivity index (χ2v) is 12.1. The molecule has 1 fully saturated rings. The largest absolute Gasteiger partial charge is 0.416 e. The first-order valence-electron chi connectivity index (χ1n) is 9.60. The fraction of sp³-hybridized carbons (Fsp3) is 0.364. The van der Waals surface area contributed by atoms with E-state index in [1.165, 1.54) is 6.92 Å². The van der Waals surface area contributed by atoms with Gasteiger partial charge >= 0.3 is 11.9 Å². The van der Waals surface area contributed by atoms with Crippen LogP contribution in [0.15, 0.2) is 57.4 Å². The van der Waals surface area contributed by atoms with Gasteiger partial charge in [-0.15, -0.1) is 6.42 Å². The van der Waals surface area contributed by atoms with Gasteiger partial charge in [-0.05, 0) is 30.0 Å². The maximum absolute atomic E-state index is 13.5. The van der Waals surface area contributed by atoms with Gasteiger partial charge in [-0.1, -0.05) is 18.6 Å². The average molecular weight is 516 g/mol. The van der Waals surface area contributed by atoms with Gasteiger partial charge in [-0.2, -0.15) is 13.2 Å². The van der Waals surface area contributed by atoms with Crippen LogP contribution >= 0.6 is 0 Å². The van der Waals surface area contributed by atoms with Gasteiger partial charge in [0.25, 0.3) is 6.57 Å². The quantitative estimate of drug-likeness (QED) is 0.424. The minimum absolute atomic E-state index is 0.0360. The third-order valence-electron chi connectivity index (χ3n) is 5.40. The Bertz CT molecular complexity index is 1350. The number of terminal acetylenes is 1. The average Bonchev–Trinajstić information content (AvgIpc) is 2.77. The van der Waals surface area contributed by atoms with Crippen molar-refractivity contribution >= 4 is 25.9 Å². The Morgan fingerprint density at radius 1 is 1.32 bits per heavy atom. The van der Waals surface area contributed by atoms with Crippen LogP contribution in [0, 0.1) is 18.9 Å². The van der Waals surface area contributed by atoms with E-state index in [9.17, 15) is 30.0 Å². The summed E-state index contributed by atoms with van der Waals surface area (Å²) in [5, 5.41) is 0. The van der Waals surface area contributed by atoms with Gasteiger partial charge in [0.2, 0.25) is 0 Å². The lowest BCUT2D eigenvalue weighted by Crippen LogP contribution is -2.52. The van der Waals surface area contributed by atoms with Gasteiger partial charge in [0.1, 0.15) is 4.75 Å². The van der Waals surface area contributed by atoms with E-state index >= 15 is 0 Å². The first-order valence-corrected chi connectivity index (χ1v) is 13.0. The summed E-state index contributed by atoms with van der Waals surface area (Å²) in [6.07, 6.45) is 3.19. The second-order valence-electron chi connectivity index (χ2n) is 7.67. The molecule has 0 radical (unpaired) electrons. The molecule has 0 aliphatic carbocycles. The van der Waals surface area contributed by atoms with Crippen molar-refractivity contribution in [3.05, 3.63) is 57.9 Å². The van der Waals surface area contributed by atoms with Crippen LogP contribution in [0.4, 0.5) is 13.2 Å². The number of allylic oxidation sites excluding steroid dienone is 1.